The van der Waals surface area contributed by atoms with Gasteiger partial charge in [0.05, 0.1) is 4.92 Å². The summed E-state index contributed by atoms with van der Waals surface area (Å²) < 4.78 is 0. The Kier molecular flexibility index (Phi) is 3.62. The van der Waals surface area contributed by atoms with E-state index in [4.69, 9.17) is 11.6 Å². The molecule has 2 rings (SSSR count). The normalized spacial score (nSPS) is 10.3. The van der Waals surface area contributed by atoms with Gasteiger partial charge in [0.2, 0.25) is 11.0 Å². The minimum atomic E-state index is -0.605. The van der Waals surface area contributed by atoms with E-state index in [1.807, 2.05) is 32.0 Å². The van der Waals surface area contributed by atoms with Gasteiger partial charge in [-0.3, -0.25) is 10.1 Å². The van der Waals surface area contributed by atoms with E-state index in [9.17, 15) is 10.1 Å². The van der Waals surface area contributed by atoms with E-state index < -0.39 is 4.92 Å². The molecule has 0 spiro atoms. The van der Waals surface area contributed by atoms with Gasteiger partial charge in [-0.1, -0.05) is 17.7 Å². The van der Waals surface area contributed by atoms with Crippen LogP contribution in [0.15, 0.2) is 24.5 Å². The van der Waals surface area contributed by atoms with Crippen LogP contribution in [0.1, 0.15) is 11.1 Å². The predicted molar refractivity (Wildman–Crippen MR) is 72.9 cm³/mol. The molecule has 7 heteroatoms. The van der Waals surface area contributed by atoms with Crippen LogP contribution in [0.25, 0.3) is 0 Å². The van der Waals surface area contributed by atoms with Crippen molar-refractivity contribution in [3.63, 3.8) is 0 Å². The molecule has 1 N–H and O–H groups in total. The molecule has 0 atom stereocenters. The van der Waals surface area contributed by atoms with Gasteiger partial charge in [0.15, 0.2) is 0 Å². The second-order valence-corrected chi connectivity index (χ2v) is 4.40. The Hall–Kier alpha value is -2.21. The van der Waals surface area contributed by atoms with Crippen molar-refractivity contribution in [3.05, 3.63) is 50.9 Å². The van der Waals surface area contributed by atoms with Crippen LogP contribution < -0.4 is 5.32 Å². The fraction of sp³-hybridized carbons (Fsp3) is 0.167. The largest absolute Gasteiger partial charge is 0.348 e. The average molecular weight is 279 g/mol. The maximum absolute atomic E-state index is 11.0. The van der Waals surface area contributed by atoms with Crippen LogP contribution in [-0.2, 0) is 0 Å². The number of aromatic nitrogens is 2. The average Bonchev–Trinajstić information content (AvgIpc) is 2.33. The number of nitrogens with zero attached hydrogens (tertiary/aromatic N) is 3. The lowest BCUT2D eigenvalue weighted by atomic mass is 10.1. The zero-order valence-electron chi connectivity index (χ0n) is 10.3. The summed E-state index contributed by atoms with van der Waals surface area (Å²) in [5.41, 5.74) is 2.59. The van der Waals surface area contributed by atoms with Crippen LogP contribution in [0.2, 0.25) is 5.15 Å². The van der Waals surface area contributed by atoms with Crippen molar-refractivity contribution in [3.8, 4) is 0 Å². The van der Waals surface area contributed by atoms with Crippen molar-refractivity contribution < 1.29 is 4.92 Å². The highest BCUT2D eigenvalue weighted by Crippen LogP contribution is 2.30. The summed E-state index contributed by atoms with van der Waals surface area (Å²) in [6.45, 7) is 3.95. The van der Waals surface area contributed by atoms with E-state index in [-0.39, 0.29) is 16.7 Å². The molecule has 0 amide bonds. The van der Waals surface area contributed by atoms with Gasteiger partial charge in [0.25, 0.3) is 0 Å². The third-order valence-electron chi connectivity index (χ3n) is 2.73. The summed E-state index contributed by atoms with van der Waals surface area (Å²) in [6.07, 6.45) is 1.18. The summed E-state index contributed by atoms with van der Waals surface area (Å²) >= 11 is 5.71. The first-order valence-electron chi connectivity index (χ1n) is 5.48. The molecule has 98 valence electrons. The van der Waals surface area contributed by atoms with Crippen LogP contribution in [-0.4, -0.2) is 14.9 Å². The quantitative estimate of drug-likeness (QED) is 0.529. The number of aryl methyl sites for hydroxylation is 2. The van der Waals surface area contributed by atoms with Gasteiger partial charge in [-0.25, -0.2) is 9.97 Å². The Morgan fingerprint density at radius 1 is 1.26 bits per heavy atom. The highest BCUT2D eigenvalue weighted by atomic mass is 35.5. The van der Waals surface area contributed by atoms with Crippen LogP contribution in [0.5, 0.6) is 0 Å². The summed E-state index contributed by atoms with van der Waals surface area (Å²) in [6, 6.07) is 5.63. The molecule has 2 aromatic rings. The molecule has 6 nitrogen and oxygen atoms in total. The summed E-state index contributed by atoms with van der Waals surface area (Å²) in [7, 11) is 0. The van der Waals surface area contributed by atoms with Gasteiger partial charge in [-0.15, -0.1) is 0 Å². The lowest BCUT2D eigenvalue weighted by Crippen LogP contribution is -2.01. The molecule has 0 saturated carbocycles. The van der Waals surface area contributed by atoms with Gasteiger partial charge in [0.1, 0.15) is 6.33 Å². The van der Waals surface area contributed by atoms with Crippen molar-refractivity contribution in [2.45, 2.75) is 13.8 Å². The highest BCUT2D eigenvalue weighted by Gasteiger charge is 2.21. The third-order valence-corrected chi connectivity index (χ3v) is 3.01. The number of nitrogens with one attached hydrogen (secondary N) is 1. The number of hydrogen-bond acceptors (Lipinski definition) is 5. The smallest absolute Gasteiger partial charge is 0.334 e. The Morgan fingerprint density at radius 3 is 2.63 bits per heavy atom. The van der Waals surface area contributed by atoms with Gasteiger partial charge >= 0.3 is 5.69 Å². The first-order chi connectivity index (χ1) is 8.99. The Balaban J connectivity index is 2.40. The topological polar surface area (TPSA) is 81.0 Å². The molecule has 0 aliphatic heterocycles. The third kappa shape index (κ3) is 2.79. The molecule has 0 radical (unpaired) electrons. The van der Waals surface area contributed by atoms with Crippen LogP contribution in [0, 0.1) is 24.0 Å². The first-order valence-corrected chi connectivity index (χ1v) is 5.86. The Labute approximate surface area is 114 Å². The Bertz CT molecular complexity index is 646. The molecule has 19 heavy (non-hydrogen) atoms. The summed E-state index contributed by atoms with van der Waals surface area (Å²) in [5.74, 6) is 0.0771. The maximum Gasteiger partial charge on any atom is 0.348 e. The summed E-state index contributed by atoms with van der Waals surface area (Å²) in [5, 5.41) is 13.7. The second kappa shape index (κ2) is 5.19. The fourth-order valence-corrected chi connectivity index (χ4v) is 1.77. The second-order valence-electron chi connectivity index (χ2n) is 4.04. The van der Waals surface area contributed by atoms with Crippen molar-refractivity contribution in [2.75, 3.05) is 5.32 Å². The van der Waals surface area contributed by atoms with Crippen LogP contribution in [0.4, 0.5) is 17.2 Å². The Morgan fingerprint density at radius 2 is 2.00 bits per heavy atom. The van der Waals surface area contributed by atoms with E-state index in [2.05, 4.69) is 15.3 Å². The molecule has 1 aromatic carbocycles. The van der Waals surface area contributed by atoms with E-state index in [0.29, 0.717) is 5.69 Å². The lowest BCUT2D eigenvalue weighted by Gasteiger charge is -2.08. The number of rotatable bonds is 3. The van der Waals surface area contributed by atoms with E-state index >= 15 is 0 Å². The van der Waals surface area contributed by atoms with Crippen LogP contribution >= 0.6 is 11.6 Å². The zero-order chi connectivity index (χ0) is 14.0. The van der Waals surface area contributed by atoms with E-state index in [0.717, 1.165) is 11.1 Å². The van der Waals surface area contributed by atoms with Crippen molar-refractivity contribution in [1.29, 1.82) is 0 Å². The van der Waals surface area contributed by atoms with Crippen molar-refractivity contribution in [1.82, 2.24) is 9.97 Å². The van der Waals surface area contributed by atoms with Gasteiger partial charge < -0.3 is 5.32 Å². The fourth-order valence-electron chi connectivity index (χ4n) is 1.57. The number of anilines is 2. The maximum atomic E-state index is 11.0. The van der Waals surface area contributed by atoms with Crippen molar-refractivity contribution >= 4 is 28.8 Å². The van der Waals surface area contributed by atoms with E-state index in [1.54, 1.807) is 0 Å². The minimum absolute atomic E-state index is 0.0771. The molecule has 0 fully saturated rings. The molecule has 0 bridgehead atoms. The monoisotopic (exact) mass is 278 g/mol. The molecule has 1 aromatic heterocycles. The molecule has 0 aliphatic carbocycles. The van der Waals surface area contributed by atoms with Gasteiger partial charge in [-0.05, 0) is 37.1 Å². The molecule has 0 unspecified atom stereocenters. The highest BCUT2D eigenvalue weighted by molar-refractivity contribution is 6.31. The number of hydrogen-bond donors (Lipinski definition) is 1. The molecule has 0 saturated heterocycles. The molecule has 0 aliphatic rings. The van der Waals surface area contributed by atoms with Gasteiger partial charge in [-0.2, -0.15) is 0 Å². The zero-order valence-corrected chi connectivity index (χ0v) is 11.1. The van der Waals surface area contributed by atoms with E-state index in [1.165, 1.54) is 6.33 Å². The molecular weight excluding hydrogens is 268 g/mol. The number of halogens is 1. The molecular formula is C12H11ClN4O2. The standard InChI is InChI=1S/C12H11ClN4O2/c1-7-3-4-9(5-8(7)2)16-12-10(17(18)19)11(13)14-6-15-12/h3-6H,1-2H3,(H,14,15,16). The van der Waals surface area contributed by atoms with Gasteiger partial charge in [0, 0.05) is 5.69 Å². The number of nitro groups is 1. The molecule has 1 heterocycles. The summed E-state index contributed by atoms with van der Waals surface area (Å²) in [4.78, 5) is 17.8. The number of benzene rings is 1. The SMILES string of the molecule is Cc1ccc(Nc2ncnc(Cl)c2[N+](=O)[O-])cc1C. The van der Waals surface area contributed by atoms with Crippen molar-refractivity contribution in [2.24, 2.45) is 0 Å². The predicted octanol–water partition coefficient (Wildman–Crippen LogP) is 3.40. The first kappa shape index (κ1) is 13.2. The lowest BCUT2D eigenvalue weighted by molar-refractivity contribution is -0.384. The van der Waals surface area contributed by atoms with Crippen LogP contribution in [0.3, 0.4) is 0 Å². The minimum Gasteiger partial charge on any atom is -0.334 e.